The minimum Gasteiger partial charge on any atom is -0.380 e. The zero-order valence-corrected chi connectivity index (χ0v) is 7.68. The first kappa shape index (κ1) is 8.27. The van der Waals surface area contributed by atoms with Crippen molar-refractivity contribution < 1.29 is 4.74 Å². The van der Waals surface area contributed by atoms with E-state index in [4.69, 9.17) is 10.5 Å². The molecule has 0 bridgehead atoms. The smallest absolute Gasteiger partial charge is 0.0701 e. The van der Waals surface area contributed by atoms with Crippen LogP contribution < -0.4 is 5.73 Å². The van der Waals surface area contributed by atoms with Gasteiger partial charge in [0, 0.05) is 19.1 Å². The molecule has 1 unspecified atom stereocenters. The SMILES string of the molecule is COC1C/C(=C\CN)C12CCC2. The topological polar surface area (TPSA) is 35.2 Å². The molecule has 0 aromatic rings. The quantitative estimate of drug-likeness (QED) is 0.632. The molecule has 0 aromatic carbocycles. The monoisotopic (exact) mass is 167 g/mol. The molecule has 0 heterocycles. The second-order valence-electron chi connectivity index (χ2n) is 3.90. The van der Waals surface area contributed by atoms with E-state index in [1.54, 1.807) is 5.57 Å². The lowest BCUT2D eigenvalue weighted by Crippen LogP contribution is -2.53. The molecule has 0 aliphatic heterocycles. The molecule has 2 fully saturated rings. The number of methoxy groups -OCH3 is 1. The van der Waals surface area contributed by atoms with Crippen LogP contribution in [0.2, 0.25) is 0 Å². The van der Waals surface area contributed by atoms with E-state index in [0.29, 0.717) is 18.1 Å². The fourth-order valence-corrected chi connectivity index (χ4v) is 2.61. The van der Waals surface area contributed by atoms with Crippen LogP contribution in [0.3, 0.4) is 0 Å². The summed E-state index contributed by atoms with van der Waals surface area (Å²) in [6.45, 7) is 0.688. The van der Waals surface area contributed by atoms with E-state index in [2.05, 4.69) is 6.08 Å². The number of nitrogens with two attached hydrogens (primary N) is 1. The van der Waals surface area contributed by atoms with Crippen molar-refractivity contribution in [1.29, 1.82) is 0 Å². The highest BCUT2D eigenvalue weighted by molar-refractivity contribution is 5.31. The van der Waals surface area contributed by atoms with Gasteiger partial charge in [-0.05, 0) is 19.3 Å². The number of ether oxygens (including phenoxy) is 1. The van der Waals surface area contributed by atoms with Crippen LogP contribution in [0.15, 0.2) is 11.6 Å². The van der Waals surface area contributed by atoms with Gasteiger partial charge in [-0.2, -0.15) is 0 Å². The zero-order valence-electron chi connectivity index (χ0n) is 7.68. The van der Waals surface area contributed by atoms with E-state index in [0.717, 1.165) is 6.42 Å². The molecular weight excluding hydrogens is 150 g/mol. The Morgan fingerprint density at radius 2 is 2.42 bits per heavy atom. The minimum absolute atomic E-state index is 0.439. The Bertz CT molecular complexity index is 206. The van der Waals surface area contributed by atoms with Gasteiger partial charge in [0.25, 0.3) is 0 Å². The highest BCUT2D eigenvalue weighted by atomic mass is 16.5. The number of hydrogen-bond acceptors (Lipinski definition) is 2. The summed E-state index contributed by atoms with van der Waals surface area (Å²) in [5.74, 6) is 0. The van der Waals surface area contributed by atoms with Crippen LogP contribution in [0.1, 0.15) is 25.7 Å². The van der Waals surface area contributed by atoms with Gasteiger partial charge in [-0.25, -0.2) is 0 Å². The third kappa shape index (κ3) is 0.882. The third-order valence-electron chi connectivity index (χ3n) is 3.56. The molecule has 0 saturated heterocycles. The molecule has 1 spiro atoms. The lowest BCUT2D eigenvalue weighted by molar-refractivity contribution is -0.0852. The molecule has 68 valence electrons. The van der Waals surface area contributed by atoms with Crippen molar-refractivity contribution in [3.05, 3.63) is 11.6 Å². The van der Waals surface area contributed by atoms with Crippen LogP contribution in [-0.4, -0.2) is 19.8 Å². The van der Waals surface area contributed by atoms with Crippen molar-refractivity contribution in [2.24, 2.45) is 11.1 Å². The summed E-state index contributed by atoms with van der Waals surface area (Å²) in [5, 5.41) is 0. The van der Waals surface area contributed by atoms with Crippen molar-refractivity contribution in [2.45, 2.75) is 31.8 Å². The van der Waals surface area contributed by atoms with Crippen LogP contribution >= 0.6 is 0 Å². The molecule has 2 nitrogen and oxygen atoms in total. The Labute approximate surface area is 73.8 Å². The first-order valence-electron chi connectivity index (χ1n) is 4.76. The van der Waals surface area contributed by atoms with E-state index in [-0.39, 0.29) is 0 Å². The van der Waals surface area contributed by atoms with Gasteiger partial charge in [-0.15, -0.1) is 0 Å². The maximum atomic E-state index is 5.51. The summed E-state index contributed by atoms with van der Waals surface area (Å²) < 4.78 is 5.44. The van der Waals surface area contributed by atoms with Gasteiger partial charge >= 0.3 is 0 Å². The number of rotatable bonds is 2. The first-order chi connectivity index (χ1) is 5.83. The van der Waals surface area contributed by atoms with Crippen LogP contribution in [0.4, 0.5) is 0 Å². The van der Waals surface area contributed by atoms with Gasteiger partial charge in [-0.3, -0.25) is 0 Å². The summed E-state index contributed by atoms with van der Waals surface area (Å²) in [4.78, 5) is 0. The highest BCUT2D eigenvalue weighted by Gasteiger charge is 2.54. The lowest BCUT2D eigenvalue weighted by Gasteiger charge is -2.57. The van der Waals surface area contributed by atoms with Crippen molar-refractivity contribution in [2.75, 3.05) is 13.7 Å². The highest BCUT2D eigenvalue weighted by Crippen LogP contribution is 2.60. The summed E-state index contributed by atoms with van der Waals surface area (Å²) in [6.07, 6.45) is 7.79. The van der Waals surface area contributed by atoms with Gasteiger partial charge < -0.3 is 10.5 Å². The van der Waals surface area contributed by atoms with E-state index >= 15 is 0 Å². The Kier molecular flexibility index (Phi) is 1.97. The van der Waals surface area contributed by atoms with E-state index in [9.17, 15) is 0 Å². The maximum absolute atomic E-state index is 5.51. The third-order valence-corrected chi connectivity index (χ3v) is 3.56. The van der Waals surface area contributed by atoms with Crippen molar-refractivity contribution in [3.8, 4) is 0 Å². The van der Waals surface area contributed by atoms with Crippen molar-refractivity contribution in [1.82, 2.24) is 0 Å². The fraction of sp³-hybridized carbons (Fsp3) is 0.800. The summed E-state index contributed by atoms with van der Waals surface area (Å²) in [7, 11) is 1.82. The summed E-state index contributed by atoms with van der Waals surface area (Å²) in [5.41, 5.74) is 7.51. The Morgan fingerprint density at radius 1 is 1.67 bits per heavy atom. The molecule has 2 aliphatic rings. The average molecular weight is 167 g/mol. The maximum Gasteiger partial charge on any atom is 0.0701 e. The predicted molar refractivity (Wildman–Crippen MR) is 48.8 cm³/mol. The summed E-state index contributed by atoms with van der Waals surface area (Å²) >= 11 is 0. The number of hydrogen-bond donors (Lipinski definition) is 1. The molecule has 2 saturated carbocycles. The van der Waals surface area contributed by atoms with E-state index in [1.165, 1.54) is 19.3 Å². The van der Waals surface area contributed by atoms with Crippen LogP contribution in [0, 0.1) is 5.41 Å². The van der Waals surface area contributed by atoms with Crippen LogP contribution in [0.25, 0.3) is 0 Å². The summed E-state index contributed by atoms with van der Waals surface area (Å²) in [6, 6.07) is 0. The fourth-order valence-electron chi connectivity index (χ4n) is 2.61. The molecule has 0 radical (unpaired) electrons. The van der Waals surface area contributed by atoms with Crippen molar-refractivity contribution >= 4 is 0 Å². The van der Waals surface area contributed by atoms with Crippen molar-refractivity contribution in [3.63, 3.8) is 0 Å². The van der Waals surface area contributed by atoms with Gasteiger partial charge in [0.05, 0.1) is 6.10 Å². The van der Waals surface area contributed by atoms with Crippen LogP contribution in [-0.2, 0) is 4.74 Å². The Morgan fingerprint density at radius 3 is 2.83 bits per heavy atom. The van der Waals surface area contributed by atoms with Gasteiger partial charge in [0.15, 0.2) is 0 Å². The second kappa shape index (κ2) is 2.86. The Hall–Kier alpha value is -0.340. The predicted octanol–water partition coefficient (Wildman–Crippen LogP) is 1.46. The molecule has 0 amide bonds. The standard InChI is InChI=1S/C10H17NO/c1-12-9-7-8(3-6-11)10(9)4-2-5-10/h3,9H,2,4-7,11H2,1H3/b8-3+. The van der Waals surface area contributed by atoms with Gasteiger partial charge in [-0.1, -0.05) is 18.1 Å². The zero-order chi connectivity index (χ0) is 8.60. The average Bonchev–Trinajstić information content (AvgIpc) is 1.93. The lowest BCUT2D eigenvalue weighted by atomic mass is 9.51. The van der Waals surface area contributed by atoms with Crippen LogP contribution in [0.5, 0.6) is 0 Å². The Balaban J connectivity index is 2.08. The normalized spacial score (nSPS) is 34.8. The second-order valence-corrected chi connectivity index (χ2v) is 3.90. The van der Waals surface area contributed by atoms with E-state index in [1.807, 2.05) is 7.11 Å². The molecule has 12 heavy (non-hydrogen) atoms. The molecule has 1 atom stereocenters. The molecule has 2 aliphatic carbocycles. The van der Waals surface area contributed by atoms with Gasteiger partial charge in [0.2, 0.25) is 0 Å². The van der Waals surface area contributed by atoms with E-state index < -0.39 is 0 Å². The first-order valence-corrected chi connectivity index (χ1v) is 4.76. The molecule has 2 N–H and O–H groups in total. The molecule has 0 aromatic heterocycles. The minimum atomic E-state index is 0.439. The molecule has 2 rings (SSSR count). The molecule has 2 heteroatoms. The molecular formula is C10H17NO. The largest absolute Gasteiger partial charge is 0.380 e. The van der Waals surface area contributed by atoms with Gasteiger partial charge in [0.1, 0.15) is 0 Å².